The molecule has 2 N–H and O–H groups in total. The molecule has 5 heteroatoms. The van der Waals surface area contributed by atoms with E-state index in [4.69, 9.17) is 5.73 Å². The van der Waals surface area contributed by atoms with E-state index in [-0.39, 0.29) is 11.8 Å². The fourth-order valence-electron chi connectivity index (χ4n) is 1.85. The van der Waals surface area contributed by atoms with Crippen LogP contribution in [0.4, 0.5) is 0 Å². The maximum Gasteiger partial charge on any atom is 0.214 e. The van der Waals surface area contributed by atoms with Crippen LogP contribution >= 0.6 is 0 Å². The topological polar surface area (TPSA) is 63.4 Å². The Kier molecular flexibility index (Phi) is 4.34. The van der Waals surface area contributed by atoms with Gasteiger partial charge in [-0.2, -0.15) is 4.31 Å². The minimum atomic E-state index is -3.03. The highest BCUT2D eigenvalue weighted by Crippen LogP contribution is 2.20. The molecule has 0 aromatic carbocycles. The van der Waals surface area contributed by atoms with E-state index in [9.17, 15) is 8.42 Å². The molecule has 1 fully saturated rings. The number of rotatable bonds is 5. The molecule has 0 amide bonds. The zero-order chi connectivity index (χ0) is 10.6. The first-order valence-electron chi connectivity index (χ1n) is 5.31. The monoisotopic (exact) mass is 220 g/mol. The quantitative estimate of drug-likeness (QED) is 0.735. The van der Waals surface area contributed by atoms with E-state index in [1.165, 1.54) is 0 Å². The number of sulfonamides is 1. The molecule has 1 rings (SSSR count). The highest BCUT2D eigenvalue weighted by molar-refractivity contribution is 7.89. The van der Waals surface area contributed by atoms with Crippen molar-refractivity contribution >= 4 is 10.0 Å². The molecular formula is C9H20N2O2S. The van der Waals surface area contributed by atoms with Crippen molar-refractivity contribution in [2.45, 2.75) is 38.6 Å². The lowest BCUT2D eigenvalue weighted by Gasteiger charge is -2.22. The number of nitrogens with two attached hydrogens (primary N) is 1. The van der Waals surface area contributed by atoms with Gasteiger partial charge in [0.25, 0.3) is 0 Å². The van der Waals surface area contributed by atoms with Crippen molar-refractivity contribution in [3.05, 3.63) is 0 Å². The third kappa shape index (κ3) is 2.68. The molecule has 1 aliphatic heterocycles. The summed E-state index contributed by atoms with van der Waals surface area (Å²) in [6, 6.07) is 0.0526. The van der Waals surface area contributed by atoms with Gasteiger partial charge < -0.3 is 5.73 Å². The number of hydrogen-bond donors (Lipinski definition) is 1. The molecule has 1 heterocycles. The molecule has 4 nitrogen and oxygen atoms in total. The predicted molar refractivity (Wildman–Crippen MR) is 57.5 cm³/mol. The molecule has 84 valence electrons. The lowest BCUT2D eigenvalue weighted by atomic mass is 10.2. The molecule has 0 spiro atoms. The third-order valence-corrected chi connectivity index (χ3v) is 4.71. The second kappa shape index (κ2) is 5.09. The zero-order valence-corrected chi connectivity index (χ0v) is 9.59. The SMILES string of the molecule is CCCCS(=O)(=O)N1CCC[C@H]1CN. The molecule has 0 radical (unpaired) electrons. The van der Waals surface area contributed by atoms with Gasteiger partial charge in [0, 0.05) is 19.1 Å². The van der Waals surface area contributed by atoms with Crippen molar-refractivity contribution in [1.29, 1.82) is 0 Å². The van der Waals surface area contributed by atoms with Crippen molar-refractivity contribution in [2.75, 3.05) is 18.8 Å². The van der Waals surface area contributed by atoms with Gasteiger partial charge in [0.15, 0.2) is 0 Å². The van der Waals surface area contributed by atoms with Gasteiger partial charge in [-0.25, -0.2) is 8.42 Å². The fraction of sp³-hybridized carbons (Fsp3) is 1.00. The zero-order valence-electron chi connectivity index (χ0n) is 8.78. The van der Waals surface area contributed by atoms with Crippen LogP contribution in [-0.2, 0) is 10.0 Å². The summed E-state index contributed by atoms with van der Waals surface area (Å²) in [5.74, 6) is 0.278. The minimum Gasteiger partial charge on any atom is -0.329 e. The van der Waals surface area contributed by atoms with Gasteiger partial charge in [-0.1, -0.05) is 13.3 Å². The van der Waals surface area contributed by atoms with Crippen LogP contribution in [0, 0.1) is 0 Å². The van der Waals surface area contributed by atoms with E-state index in [1.807, 2.05) is 6.92 Å². The van der Waals surface area contributed by atoms with E-state index >= 15 is 0 Å². The van der Waals surface area contributed by atoms with Gasteiger partial charge in [0.2, 0.25) is 10.0 Å². The smallest absolute Gasteiger partial charge is 0.214 e. The Morgan fingerprint density at radius 3 is 2.79 bits per heavy atom. The number of hydrogen-bond acceptors (Lipinski definition) is 3. The second-order valence-electron chi connectivity index (χ2n) is 3.81. The molecule has 1 saturated heterocycles. The van der Waals surface area contributed by atoms with Crippen LogP contribution in [0.15, 0.2) is 0 Å². The number of nitrogens with zero attached hydrogens (tertiary/aromatic N) is 1. The lowest BCUT2D eigenvalue weighted by molar-refractivity contribution is 0.392. The summed E-state index contributed by atoms with van der Waals surface area (Å²) in [4.78, 5) is 0. The van der Waals surface area contributed by atoms with Gasteiger partial charge in [0.05, 0.1) is 5.75 Å². The van der Waals surface area contributed by atoms with Crippen LogP contribution in [-0.4, -0.2) is 37.6 Å². The summed E-state index contributed by atoms with van der Waals surface area (Å²) in [5, 5.41) is 0. The molecule has 1 atom stereocenters. The Labute approximate surface area is 86.5 Å². The summed E-state index contributed by atoms with van der Waals surface area (Å²) >= 11 is 0. The summed E-state index contributed by atoms with van der Waals surface area (Å²) in [6.07, 6.45) is 3.53. The van der Waals surface area contributed by atoms with Gasteiger partial charge >= 0.3 is 0 Å². The van der Waals surface area contributed by atoms with Crippen molar-refractivity contribution in [3.63, 3.8) is 0 Å². The maximum absolute atomic E-state index is 11.8. The van der Waals surface area contributed by atoms with Gasteiger partial charge in [-0.3, -0.25) is 0 Å². The van der Waals surface area contributed by atoms with Crippen molar-refractivity contribution in [2.24, 2.45) is 5.73 Å². The molecule has 0 unspecified atom stereocenters. The van der Waals surface area contributed by atoms with E-state index in [1.54, 1.807) is 4.31 Å². The van der Waals surface area contributed by atoms with E-state index in [0.29, 0.717) is 13.1 Å². The van der Waals surface area contributed by atoms with Crippen molar-refractivity contribution < 1.29 is 8.42 Å². The van der Waals surface area contributed by atoms with E-state index < -0.39 is 10.0 Å². The Balaban J connectivity index is 2.61. The molecule has 0 aromatic heterocycles. The molecular weight excluding hydrogens is 200 g/mol. The average Bonchev–Trinajstić information content (AvgIpc) is 2.63. The summed E-state index contributed by atoms with van der Waals surface area (Å²) in [7, 11) is -3.03. The first-order chi connectivity index (χ1) is 6.61. The summed E-state index contributed by atoms with van der Waals surface area (Å²) in [6.45, 7) is 3.11. The third-order valence-electron chi connectivity index (χ3n) is 2.71. The summed E-state index contributed by atoms with van der Waals surface area (Å²) < 4.78 is 25.3. The average molecular weight is 220 g/mol. The highest BCUT2D eigenvalue weighted by atomic mass is 32.2. The minimum absolute atomic E-state index is 0.0526. The molecule has 0 aromatic rings. The number of unbranched alkanes of at least 4 members (excludes halogenated alkanes) is 1. The largest absolute Gasteiger partial charge is 0.329 e. The second-order valence-corrected chi connectivity index (χ2v) is 5.85. The Morgan fingerprint density at radius 2 is 2.21 bits per heavy atom. The fourth-order valence-corrected chi connectivity index (χ4v) is 3.80. The Morgan fingerprint density at radius 1 is 1.50 bits per heavy atom. The van der Waals surface area contributed by atoms with Crippen LogP contribution < -0.4 is 5.73 Å². The standard InChI is InChI=1S/C9H20N2O2S/c1-2-3-7-14(12,13)11-6-4-5-9(11)8-10/h9H,2-8,10H2,1H3/t9-/m0/s1. The first-order valence-corrected chi connectivity index (χ1v) is 6.92. The van der Waals surface area contributed by atoms with Gasteiger partial charge in [0.1, 0.15) is 0 Å². The Hall–Kier alpha value is -0.130. The van der Waals surface area contributed by atoms with E-state index in [2.05, 4.69) is 0 Å². The maximum atomic E-state index is 11.8. The summed E-state index contributed by atoms with van der Waals surface area (Å²) in [5.41, 5.74) is 5.54. The first kappa shape index (κ1) is 11.9. The predicted octanol–water partition coefficient (Wildman–Crippen LogP) is 0.539. The highest BCUT2D eigenvalue weighted by Gasteiger charge is 2.32. The molecule has 1 aliphatic rings. The van der Waals surface area contributed by atoms with Gasteiger partial charge in [-0.05, 0) is 19.3 Å². The van der Waals surface area contributed by atoms with Crippen molar-refractivity contribution in [3.8, 4) is 0 Å². The van der Waals surface area contributed by atoms with Crippen LogP contribution in [0.25, 0.3) is 0 Å². The van der Waals surface area contributed by atoms with Crippen LogP contribution in [0.2, 0.25) is 0 Å². The molecule has 0 bridgehead atoms. The van der Waals surface area contributed by atoms with Crippen LogP contribution in [0.3, 0.4) is 0 Å². The molecule has 14 heavy (non-hydrogen) atoms. The Bertz CT molecular complexity index is 264. The van der Waals surface area contributed by atoms with Crippen LogP contribution in [0.5, 0.6) is 0 Å². The molecule has 0 aliphatic carbocycles. The van der Waals surface area contributed by atoms with Gasteiger partial charge in [-0.15, -0.1) is 0 Å². The van der Waals surface area contributed by atoms with E-state index in [0.717, 1.165) is 25.7 Å². The normalized spacial score (nSPS) is 24.3. The molecule has 0 saturated carbocycles. The van der Waals surface area contributed by atoms with Crippen molar-refractivity contribution in [1.82, 2.24) is 4.31 Å². The lowest BCUT2D eigenvalue weighted by Crippen LogP contribution is -2.41. The van der Waals surface area contributed by atoms with Crippen LogP contribution in [0.1, 0.15) is 32.6 Å².